The van der Waals surface area contributed by atoms with E-state index >= 15 is 0 Å². The molecule has 6 heteroatoms. The fraction of sp³-hybridized carbons (Fsp3) is 1.00. The van der Waals surface area contributed by atoms with Crippen LogP contribution in [0.2, 0.25) is 0 Å². The second kappa shape index (κ2) is 5.25. The van der Waals surface area contributed by atoms with E-state index in [9.17, 15) is 13.5 Å². The summed E-state index contributed by atoms with van der Waals surface area (Å²) in [6, 6.07) is 0. The van der Waals surface area contributed by atoms with Crippen LogP contribution >= 0.6 is 0 Å². The lowest BCUT2D eigenvalue weighted by molar-refractivity contribution is 0.105. The van der Waals surface area contributed by atoms with Crippen molar-refractivity contribution in [3.8, 4) is 0 Å². The molecule has 0 radical (unpaired) electrons. The molecule has 1 N–H and O–H groups in total. The highest BCUT2D eigenvalue weighted by atomic mass is 32.2. The van der Waals surface area contributed by atoms with Gasteiger partial charge in [-0.1, -0.05) is 13.8 Å². The monoisotopic (exact) mass is 236 g/mol. The Kier molecular flexibility index (Phi) is 4.51. The van der Waals surface area contributed by atoms with Crippen LogP contribution in [-0.4, -0.2) is 54.4 Å². The summed E-state index contributed by atoms with van der Waals surface area (Å²) in [6.45, 7) is 5.36. The first kappa shape index (κ1) is 12.9. The summed E-state index contributed by atoms with van der Waals surface area (Å²) in [5.74, 6) is 0. The molecular formula is C9H20N2O3S. The van der Waals surface area contributed by atoms with Crippen LogP contribution in [0.25, 0.3) is 0 Å². The van der Waals surface area contributed by atoms with E-state index in [0.717, 1.165) is 6.42 Å². The van der Waals surface area contributed by atoms with Crippen molar-refractivity contribution in [1.82, 2.24) is 8.61 Å². The molecule has 0 amide bonds. The number of rotatable bonds is 4. The summed E-state index contributed by atoms with van der Waals surface area (Å²) < 4.78 is 26.9. The Morgan fingerprint density at radius 3 is 2.47 bits per heavy atom. The molecule has 1 saturated heterocycles. The molecule has 90 valence electrons. The van der Waals surface area contributed by atoms with Crippen molar-refractivity contribution in [3.63, 3.8) is 0 Å². The van der Waals surface area contributed by atoms with Gasteiger partial charge in [0.2, 0.25) is 0 Å². The van der Waals surface area contributed by atoms with Crippen LogP contribution in [0.5, 0.6) is 0 Å². The minimum atomic E-state index is -3.35. The van der Waals surface area contributed by atoms with Crippen LogP contribution in [0.3, 0.4) is 0 Å². The number of nitrogens with zero attached hydrogens (tertiary/aromatic N) is 2. The Labute approximate surface area is 91.9 Å². The van der Waals surface area contributed by atoms with Crippen molar-refractivity contribution >= 4 is 10.2 Å². The zero-order valence-corrected chi connectivity index (χ0v) is 10.2. The molecule has 1 unspecified atom stereocenters. The van der Waals surface area contributed by atoms with Crippen molar-refractivity contribution in [1.29, 1.82) is 0 Å². The maximum Gasteiger partial charge on any atom is 0.282 e. The van der Waals surface area contributed by atoms with Gasteiger partial charge in [-0.15, -0.1) is 0 Å². The molecule has 1 heterocycles. The van der Waals surface area contributed by atoms with Crippen LogP contribution in [0, 0.1) is 0 Å². The highest BCUT2D eigenvalue weighted by Crippen LogP contribution is 2.16. The number of piperidine rings is 1. The molecule has 5 nitrogen and oxygen atoms in total. The summed E-state index contributed by atoms with van der Waals surface area (Å²) in [5, 5.41) is 9.45. The fourth-order valence-corrected chi connectivity index (χ4v) is 3.54. The van der Waals surface area contributed by atoms with Crippen molar-refractivity contribution in [2.45, 2.75) is 32.8 Å². The number of hydrogen-bond acceptors (Lipinski definition) is 3. The van der Waals surface area contributed by atoms with Gasteiger partial charge in [-0.3, -0.25) is 0 Å². The Morgan fingerprint density at radius 2 is 2.00 bits per heavy atom. The summed E-state index contributed by atoms with van der Waals surface area (Å²) in [4.78, 5) is 0. The quantitative estimate of drug-likeness (QED) is 0.749. The predicted octanol–water partition coefficient (Wildman–Crippen LogP) is 0.0297. The van der Waals surface area contributed by atoms with E-state index in [1.54, 1.807) is 0 Å². The zero-order valence-electron chi connectivity index (χ0n) is 9.39. The molecule has 1 aliphatic heterocycles. The average Bonchev–Trinajstić information content (AvgIpc) is 2.19. The maximum absolute atomic E-state index is 12.0. The molecule has 0 aliphatic carbocycles. The van der Waals surface area contributed by atoms with Crippen LogP contribution in [-0.2, 0) is 10.2 Å². The molecule has 0 aromatic rings. The summed E-state index contributed by atoms with van der Waals surface area (Å²) in [6.07, 6.45) is 0.926. The lowest BCUT2D eigenvalue weighted by Gasteiger charge is -2.33. The Hall–Kier alpha value is -0.170. The number of aliphatic hydroxyl groups excluding tert-OH is 1. The Balaban J connectivity index is 2.75. The van der Waals surface area contributed by atoms with Gasteiger partial charge in [0, 0.05) is 26.2 Å². The zero-order chi connectivity index (χ0) is 11.5. The second-order valence-electron chi connectivity index (χ2n) is 3.75. The standard InChI is InChI=1S/C9H20N2O3S/c1-3-10(4-2)15(13,14)11-7-5-6-9(12)8-11/h9,12H,3-8H2,1-2H3. The third-order valence-electron chi connectivity index (χ3n) is 2.72. The maximum atomic E-state index is 12.0. The minimum Gasteiger partial charge on any atom is -0.392 e. The Morgan fingerprint density at radius 1 is 1.40 bits per heavy atom. The topological polar surface area (TPSA) is 60.9 Å². The van der Waals surface area contributed by atoms with Crippen LogP contribution in [0.4, 0.5) is 0 Å². The van der Waals surface area contributed by atoms with Gasteiger partial charge in [0.15, 0.2) is 0 Å². The molecule has 0 saturated carbocycles. The molecule has 1 fully saturated rings. The molecule has 1 atom stereocenters. The van der Waals surface area contributed by atoms with Gasteiger partial charge >= 0.3 is 0 Å². The third-order valence-corrected chi connectivity index (χ3v) is 4.87. The highest BCUT2D eigenvalue weighted by Gasteiger charge is 2.31. The normalized spacial score (nSPS) is 24.7. The predicted molar refractivity (Wildman–Crippen MR) is 58.7 cm³/mol. The van der Waals surface area contributed by atoms with Crippen molar-refractivity contribution in [2.75, 3.05) is 26.2 Å². The molecule has 0 aromatic heterocycles. The number of aliphatic hydroxyl groups is 1. The fourth-order valence-electron chi connectivity index (χ4n) is 1.84. The highest BCUT2D eigenvalue weighted by molar-refractivity contribution is 7.86. The Bertz CT molecular complexity index is 288. The van der Waals surface area contributed by atoms with Crippen LogP contribution in [0.1, 0.15) is 26.7 Å². The smallest absolute Gasteiger partial charge is 0.282 e. The SMILES string of the molecule is CCN(CC)S(=O)(=O)N1CCCC(O)C1. The van der Waals surface area contributed by atoms with Gasteiger partial charge in [0.1, 0.15) is 0 Å². The van der Waals surface area contributed by atoms with Crippen molar-refractivity contribution in [2.24, 2.45) is 0 Å². The first-order chi connectivity index (χ1) is 7.02. The minimum absolute atomic E-state index is 0.235. The van der Waals surface area contributed by atoms with Crippen LogP contribution < -0.4 is 0 Å². The van der Waals surface area contributed by atoms with Gasteiger partial charge in [0.05, 0.1) is 6.10 Å². The van der Waals surface area contributed by atoms with E-state index in [2.05, 4.69) is 0 Å². The molecule has 0 aromatic carbocycles. The number of hydrogen-bond donors (Lipinski definition) is 1. The van der Waals surface area contributed by atoms with Crippen LogP contribution in [0.15, 0.2) is 0 Å². The van der Waals surface area contributed by atoms with E-state index in [1.165, 1.54) is 8.61 Å². The van der Waals surface area contributed by atoms with E-state index < -0.39 is 16.3 Å². The van der Waals surface area contributed by atoms with E-state index in [4.69, 9.17) is 0 Å². The summed E-state index contributed by atoms with van der Waals surface area (Å²) in [5.41, 5.74) is 0. The van der Waals surface area contributed by atoms with E-state index in [0.29, 0.717) is 26.1 Å². The summed E-state index contributed by atoms with van der Waals surface area (Å²) in [7, 11) is -3.35. The lowest BCUT2D eigenvalue weighted by Crippen LogP contribution is -2.49. The molecular weight excluding hydrogens is 216 g/mol. The lowest BCUT2D eigenvalue weighted by atomic mass is 10.1. The largest absolute Gasteiger partial charge is 0.392 e. The van der Waals surface area contributed by atoms with Gasteiger partial charge in [-0.2, -0.15) is 17.0 Å². The molecule has 0 spiro atoms. The number of β-amino-alcohol motifs (C(OH)–C–C–N with tert-alkyl or cyclic N) is 1. The van der Waals surface area contributed by atoms with E-state index in [-0.39, 0.29) is 6.54 Å². The molecule has 0 bridgehead atoms. The second-order valence-corrected chi connectivity index (χ2v) is 5.67. The third kappa shape index (κ3) is 2.90. The van der Waals surface area contributed by atoms with Crippen molar-refractivity contribution < 1.29 is 13.5 Å². The molecule has 15 heavy (non-hydrogen) atoms. The van der Waals surface area contributed by atoms with Gasteiger partial charge in [-0.25, -0.2) is 0 Å². The first-order valence-electron chi connectivity index (χ1n) is 5.45. The average molecular weight is 236 g/mol. The van der Waals surface area contributed by atoms with E-state index in [1.807, 2.05) is 13.8 Å². The van der Waals surface area contributed by atoms with Crippen molar-refractivity contribution in [3.05, 3.63) is 0 Å². The molecule has 1 rings (SSSR count). The molecule has 1 aliphatic rings. The first-order valence-corrected chi connectivity index (χ1v) is 6.85. The van der Waals surface area contributed by atoms with Gasteiger partial charge in [-0.05, 0) is 12.8 Å². The van der Waals surface area contributed by atoms with Gasteiger partial charge in [0.25, 0.3) is 10.2 Å². The van der Waals surface area contributed by atoms with Gasteiger partial charge < -0.3 is 5.11 Å². The summed E-state index contributed by atoms with van der Waals surface area (Å²) >= 11 is 0.